The third kappa shape index (κ3) is 5.48. The molecule has 1 rings (SSSR count). The van der Waals surface area contributed by atoms with Crippen LogP contribution in [0.5, 0.6) is 0 Å². The summed E-state index contributed by atoms with van der Waals surface area (Å²) in [6, 6.07) is 7.78. The van der Waals surface area contributed by atoms with E-state index in [4.69, 9.17) is 5.11 Å². The Balaban J connectivity index is 2.39. The van der Waals surface area contributed by atoms with Gasteiger partial charge in [0, 0.05) is 24.2 Å². The third-order valence-electron chi connectivity index (χ3n) is 3.05. The molecule has 0 aliphatic carbocycles. The highest BCUT2D eigenvalue weighted by atomic mass is 79.9. The maximum atomic E-state index is 10.1. The van der Waals surface area contributed by atoms with Crippen molar-refractivity contribution in [3.05, 3.63) is 34.3 Å². The summed E-state index contributed by atoms with van der Waals surface area (Å²) in [5, 5.41) is 18.9. The first-order valence-electron chi connectivity index (χ1n) is 6.44. The molecule has 0 saturated carbocycles. The molecule has 1 aromatic rings. The van der Waals surface area contributed by atoms with Gasteiger partial charge in [0.05, 0.1) is 6.10 Å². The Hall–Kier alpha value is -0.420. The van der Waals surface area contributed by atoms with Crippen LogP contribution < -0.4 is 0 Å². The topological polar surface area (TPSA) is 43.7 Å². The van der Waals surface area contributed by atoms with Crippen molar-refractivity contribution < 1.29 is 10.2 Å². The smallest absolute Gasteiger partial charge is 0.0802 e. The van der Waals surface area contributed by atoms with Gasteiger partial charge in [0.2, 0.25) is 0 Å². The molecule has 0 aromatic heterocycles. The Morgan fingerprint density at radius 1 is 1.22 bits per heavy atom. The predicted octanol–water partition coefficient (Wildman–Crippen LogP) is 2.58. The third-order valence-corrected chi connectivity index (χ3v) is 3.58. The lowest BCUT2D eigenvalue weighted by Gasteiger charge is -2.21. The molecule has 0 amide bonds. The second-order valence-electron chi connectivity index (χ2n) is 4.37. The van der Waals surface area contributed by atoms with Gasteiger partial charge in [-0.1, -0.05) is 35.0 Å². The molecule has 18 heavy (non-hydrogen) atoms. The second-order valence-corrected chi connectivity index (χ2v) is 5.28. The molecular weight excluding hydrogens is 294 g/mol. The maximum Gasteiger partial charge on any atom is 0.0802 e. The molecule has 1 unspecified atom stereocenters. The fraction of sp³-hybridized carbons (Fsp3) is 0.571. The van der Waals surface area contributed by atoms with Crippen LogP contribution in [0.3, 0.4) is 0 Å². The minimum Gasteiger partial charge on any atom is -0.396 e. The number of aliphatic hydroxyl groups excluding tert-OH is 2. The molecule has 0 fully saturated rings. The van der Waals surface area contributed by atoms with Crippen molar-refractivity contribution in [3.8, 4) is 0 Å². The molecule has 0 radical (unpaired) electrons. The van der Waals surface area contributed by atoms with Gasteiger partial charge in [0.25, 0.3) is 0 Å². The summed E-state index contributed by atoms with van der Waals surface area (Å²) in [6.45, 7) is 5.02. The predicted molar refractivity (Wildman–Crippen MR) is 77.5 cm³/mol. The first-order valence-corrected chi connectivity index (χ1v) is 7.23. The fourth-order valence-corrected chi connectivity index (χ4v) is 2.14. The SMILES string of the molecule is CCN(CCCO)CCC(O)c1ccc(Br)cc1. The van der Waals surface area contributed by atoms with Crippen LogP contribution in [0.15, 0.2) is 28.7 Å². The zero-order valence-electron chi connectivity index (χ0n) is 10.8. The van der Waals surface area contributed by atoms with Crippen molar-refractivity contribution in [3.63, 3.8) is 0 Å². The minimum atomic E-state index is -0.415. The normalized spacial score (nSPS) is 12.9. The molecule has 0 saturated heterocycles. The number of hydrogen-bond donors (Lipinski definition) is 2. The number of aliphatic hydroxyl groups is 2. The molecule has 1 atom stereocenters. The molecule has 102 valence electrons. The summed E-state index contributed by atoms with van der Waals surface area (Å²) in [7, 11) is 0. The van der Waals surface area contributed by atoms with Crippen LogP contribution >= 0.6 is 15.9 Å². The van der Waals surface area contributed by atoms with Crippen LogP contribution in [0, 0.1) is 0 Å². The van der Waals surface area contributed by atoms with Gasteiger partial charge in [-0.3, -0.25) is 0 Å². The second kappa shape index (κ2) is 8.64. The molecular formula is C14H22BrNO2. The van der Waals surface area contributed by atoms with E-state index in [0.717, 1.165) is 42.5 Å². The lowest BCUT2D eigenvalue weighted by atomic mass is 10.1. The highest BCUT2D eigenvalue weighted by molar-refractivity contribution is 9.10. The molecule has 0 bridgehead atoms. The van der Waals surface area contributed by atoms with Crippen molar-refractivity contribution in [1.29, 1.82) is 0 Å². The van der Waals surface area contributed by atoms with E-state index in [1.165, 1.54) is 0 Å². The Morgan fingerprint density at radius 2 is 1.89 bits per heavy atom. The quantitative estimate of drug-likeness (QED) is 0.775. The van der Waals surface area contributed by atoms with Crippen molar-refractivity contribution in [2.45, 2.75) is 25.9 Å². The number of halogens is 1. The summed E-state index contributed by atoms with van der Waals surface area (Å²) >= 11 is 3.38. The Bertz CT molecular complexity index is 329. The number of benzene rings is 1. The molecule has 4 heteroatoms. The van der Waals surface area contributed by atoms with Gasteiger partial charge in [-0.2, -0.15) is 0 Å². The molecule has 0 aliphatic rings. The van der Waals surface area contributed by atoms with Gasteiger partial charge < -0.3 is 15.1 Å². The minimum absolute atomic E-state index is 0.228. The van der Waals surface area contributed by atoms with E-state index in [1.54, 1.807) is 0 Å². The van der Waals surface area contributed by atoms with Crippen molar-refractivity contribution in [2.24, 2.45) is 0 Å². The number of nitrogens with zero attached hydrogens (tertiary/aromatic N) is 1. The van der Waals surface area contributed by atoms with Gasteiger partial charge in [-0.05, 0) is 37.1 Å². The zero-order valence-corrected chi connectivity index (χ0v) is 12.4. The van der Waals surface area contributed by atoms with E-state index in [1.807, 2.05) is 24.3 Å². The highest BCUT2D eigenvalue weighted by Crippen LogP contribution is 2.19. The fourth-order valence-electron chi connectivity index (χ4n) is 1.88. The van der Waals surface area contributed by atoms with Gasteiger partial charge >= 0.3 is 0 Å². The molecule has 0 heterocycles. The first-order chi connectivity index (χ1) is 8.67. The van der Waals surface area contributed by atoms with Crippen LogP contribution in [-0.2, 0) is 0 Å². The van der Waals surface area contributed by atoms with E-state index in [-0.39, 0.29) is 6.61 Å². The average molecular weight is 316 g/mol. The lowest BCUT2D eigenvalue weighted by molar-refractivity contribution is 0.140. The van der Waals surface area contributed by atoms with Crippen LogP contribution in [0.25, 0.3) is 0 Å². The van der Waals surface area contributed by atoms with E-state index in [0.29, 0.717) is 0 Å². The van der Waals surface area contributed by atoms with Gasteiger partial charge in [0.1, 0.15) is 0 Å². The van der Waals surface area contributed by atoms with E-state index in [9.17, 15) is 5.11 Å². The van der Waals surface area contributed by atoms with Crippen molar-refractivity contribution in [2.75, 3.05) is 26.2 Å². The maximum absolute atomic E-state index is 10.1. The molecule has 1 aromatic carbocycles. The number of rotatable bonds is 8. The molecule has 0 aliphatic heterocycles. The Morgan fingerprint density at radius 3 is 2.44 bits per heavy atom. The van der Waals surface area contributed by atoms with Crippen LogP contribution in [0.4, 0.5) is 0 Å². The van der Waals surface area contributed by atoms with Crippen molar-refractivity contribution in [1.82, 2.24) is 4.90 Å². The van der Waals surface area contributed by atoms with Gasteiger partial charge in [-0.15, -0.1) is 0 Å². The molecule has 2 N–H and O–H groups in total. The van der Waals surface area contributed by atoms with Crippen LogP contribution in [0.2, 0.25) is 0 Å². The summed E-state index contributed by atoms with van der Waals surface area (Å²) in [5.74, 6) is 0. The highest BCUT2D eigenvalue weighted by Gasteiger charge is 2.09. The summed E-state index contributed by atoms with van der Waals surface area (Å²) in [5.41, 5.74) is 0.955. The van der Waals surface area contributed by atoms with E-state index in [2.05, 4.69) is 27.8 Å². The van der Waals surface area contributed by atoms with Gasteiger partial charge in [-0.25, -0.2) is 0 Å². The Labute approximate surface area is 118 Å². The standard InChI is InChI=1S/C14H22BrNO2/c1-2-16(9-3-11-17)10-8-14(18)12-4-6-13(15)7-5-12/h4-7,14,17-18H,2-3,8-11H2,1H3. The summed E-state index contributed by atoms with van der Waals surface area (Å²) < 4.78 is 1.02. The van der Waals surface area contributed by atoms with E-state index < -0.39 is 6.10 Å². The average Bonchev–Trinajstić information content (AvgIpc) is 2.39. The molecule has 0 spiro atoms. The van der Waals surface area contributed by atoms with E-state index >= 15 is 0 Å². The molecule has 3 nitrogen and oxygen atoms in total. The lowest BCUT2D eigenvalue weighted by Crippen LogP contribution is -2.27. The summed E-state index contributed by atoms with van der Waals surface area (Å²) in [4.78, 5) is 2.25. The largest absolute Gasteiger partial charge is 0.396 e. The van der Waals surface area contributed by atoms with Crippen molar-refractivity contribution >= 4 is 15.9 Å². The van der Waals surface area contributed by atoms with Crippen LogP contribution in [0.1, 0.15) is 31.4 Å². The first kappa shape index (κ1) is 15.6. The van der Waals surface area contributed by atoms with Gasteiger partial charge in [0.15, 0.2) is 0 Å². The number of hydrogen-bond acceptors (Lipinski definition) is 3. The monoisotopic (exact) mass is 315 g/mol. The van der Waals surface area contributed by atoms with Crippen LogP contribution in [-0.4, -0.2) is 41.4 Å². The Kier molecular flexibility index (Phi) is 7.51. The summed E-state index contributed by atoms with van der Waals surface area (Å²) in [6.07, 6.45) is 1.10. The zero-order chi connectivity index (χ0) is 13.4.